The van der Waals surface area contributed by atoms with E-state index >= 15 is 0 Å². The third-order valence-corrected chi connectivity index (χ3v) is 2.11. The topological polar surface area (TPSA) is 42.6 Å². The fourth-order valence-corrected chi connectivity index (χ4v) is 1.35. The molecule has 2 unspecified atom stereocenters. The molecule has 0 saturated carbocycles. The van der Waals surface area contributed by atoms with E-state index in [1.54, 1.807) is 25.7 Å². The zero-order valence-corrected chi connectivity index (χ0v) is 8.06. The van der Waals surface area contributed by atoms with E-state index < -0.39 is 6.10 Å². The second-order valence-electron chi connectivity index (χ2n) is 3.06. The first-order valence-corrected chi connectivity index (χ1v) is 4.52. The molecule has 0 spiro atoms. The lowest BCUT2D eigenvalue weighted by Gasteiger charge is -2.19. The first kappa shape index (κ1) is 10.3. The van der Waals surface area contributed by atoms with Gasteiger partial charge in [0.15, 0.2) is 0 Å². The van der Waals surface area contributed by atoms with Crippen molar-refractivity contribution < 1.29 is 14.3 Å². The number of hydrogen-bond acceptors (Lipinski definition) is 3. The second-order valence-corrected chi connectivity index (χ2v) is 3.06. The Morgan fingerprint density at radius 2 is 2.38 bits per heavy atom. The van der Waals surface area contributed by atoms with Gasteiger partial charge in [-0.1, -0.05) is 13.3 Å². The highest BCUT2D eigenvalue weighted by Crippen LogP contribution is 2.22. The van der Waals surface area contributed by atoms with Crippen molar-refractivity contribution in [3.8, 4) is 0 Å². The summed E-state index contributed by atoms with van der Waals surface area (Å²) in [5.41, 5.74) is 0.778. The predicted molar refractivity (Wildman–Crippen MR) is 49.4 cm³/mol. The minimum atomic E-state index is -0.580. The Labute approximate surface area is 78.3 Å². The van der Waals surface area contributed by atoms with Crippen LogP contribution in [-0.2, 0) is 4.74 Å². The summed E-state index contributed by atoms with van der Waals surface area (Å²) in [6.45, 7) is 2.06. The number of furan rings is 1. The van der Waals surface area contributed by atoms with E-state index in [1.807, 2.05) is 0 Å². The molecule has 0 bridgehead atoms. The van der Waals surface area contributed by atoms with Crippen LogP contribution in [-0.4, -0.2) is 18.3 Å². The van der Waals surface area contributed by atoms with Crippen LogP contribution in [0.15, 0.2) is 23.0 Å². The van der Waals surface area contributed by atoms with Gasteiger partial charge in [0.25, 0.3) is 0 Å². The molecule has 0 aliphatic heterocycles. The number of hydrogen-bond donors (Lipinski definition) is 1. The molecule has 0 fully saturated rings. The first-order chi connectivity index (χ1) is 6.29. The Morgan fingerprint density at radius 3 is 2.85 bits per heavy atom. The van der Waals surface area contributed by atoms with Crippen molar-refractivity contribution >= 4 is 0 Å². The quantitative estimate of drug-likeness (QED) is 0.762. The van der Waals surface area contributed by atoms with Crippen LogP contribution < -0.4 is 0 Å². The summed E-state index contributed by atoms with van der Waals surface area (Å²) in [6, 6.07) is 1.76. The summed E-state index contributed by atoms with van der Waals surface area (Å²) in [5, 5.41) is 9.82. The van der Waals surface area contributed by atoms with Crippen molar-refractivity contribution in [2.24, 2.45) is 0 Å². The van der Waals surface area contributed by atoms with E-state index in [0.29, 0.717) is 0 Å². The monoisotopic (exact) mass is 184 g/mol. The van der Waals surface area contributed by atoms with Gasteiger partial charge in [-0.05, 0) is 12.5 Å². The summed E-state index contributed by atoms with van der Waals surface area (Å²) in [4.78, 5) is 0. The number of rotatable bonds is 5. The largest absolute Gasteiger partial charge is 0.472 e. The van der Waals surface area contributed by atoms with Crippen LogP contribution in [0.5, 0.6) is 0 Å². The fraction of sp³-hybridized carbons (Fsp3) is 0.600. The van der Waals surface area contributed by atoms with Gasteiger partial charge < -0.3 is 14.3 Å². The molecule has 0 saturated heterocycles. The van der Waals surface area contributed by atoms with E-state index in [-0.39, 0.29) is 6.10 Å². The summed E-state index contributed by atoms with van der Waals surface area (Å²) < 4.78 is 10.1. The maximum absolute atomic E-state index is 9.82. The van der Waals surface area contributed by atoms with Crippen LogP contribution in [0.25, 0.3) is 0 Å². The lowest BCUT2D eigenvalue weighted by Crippen LogP contribution is -2.20. The number of ether oxygens (including phenoxy) is 1. The van der Waals surface area contributed by atoms with Gasteiger partial charge in [-0.15, -0.1) is 0 Å². The Bertz CT molecular complexity index is 218. The SMILES string of the molecule is CCCC(OC)C(O)c1ccoc1. The maximum Gasteiger partial charge on any atom is 0.108 e. The zero-order valence-electron chi connectivity index (χ0n) is 8.06. The number of methoxy groups -OCH3 is 1. The normalized spacial score (nSPS) is 15.6. The molecule has 3 heteroatoms. The van der Waals surface area contributed by atoms with Gasteiger partial charge in [0.1, 0.15) is 6.10 Å². The van der Waals surface area contributed by atoms with Gasteiger partial charge >= 0.3 is 0 Å². The van der Waals surface area contributed by atoms with E-state index in [2.05, 4.69) is 6.92 Å². The van der Waals surface area contributed by atoms with Gasteiger partial charge in [0.05, 0.1) is 18.6 Å². The molecule has 1 aromatic heterocycles. The number of aliphatic hydroxyl groups excluding tert-OH is 1. The Hall–Kier alpha value is -0.800. The lowest BCUT2D eigenvalue weighted by atomic mass is 10.0. The van der Waals surface area contributed by atoms with Crippen molar-refractivity contribution in [3.05, 3.63) is 24.2 Å². The molecule has 13 heavy (non-hydrogen) atoms. The highest BCUT2D eigenvalue weighted by molar-refractivity contribution is 5.10. The molecule has 1 rings (SSSR count). The molecule has 2 atom stereocenters. The molecule has 0 aliphatic carbocycles. The molecular formula is C10H16O3. The van der Waals surface area contributed by atoms with Crippen LogP contribution in [0.1, 0.15) is 31.4 Å². The smallest absolute Gasteiger partial charge is 0.108 e. The van der Waals surface area contributed by atoms with Gasteiger partial charge in [-0.25, -0.2) is 0 Å². The molecule has 1 heterocycles. The Kier molecular flexibility index (Phi) is 3.99. The van der Waals surface area contributed by atoms with Gasteiger partial charge in [-0.3, -0.25) is 0 Å². The van der Waals surface area contributed by atoms with E-state index in [1.165, 1.54) is 0 Å². The van der Waals surface area contributed by atoms with Crippen LogP contribution in [0, 0.1) is 0 Å². The minimum absolute atomic E-state index is 0.136. The average Bonchev–Trinajstić information content (AvgIpc) is 2.65. The van der Waals surface area contributed by atoms with Crippen LogP contribution in [0.3, 0.4) is 0 Å². The predicted octanol–water partition coefficient (Wildman–Crippen LogP) is 2.13. The summed E-state index contributed by atoms with van der Waals surface area (Å²) in [7, 11) is 1.61. The average molecular weight is 184 g/mol. The summed E-state index contributed by atoms with van der Waals surface area (Å²) in [6.07, 6.45) is 4.23. The molecule has 0 aliphatic rings. The summed E-state index contributed by atoms with van der Waals surface area (Å²) >= 11 is 0. The van der Waals surface area contributed by atoms with Crippen molar-refractivity contribution in [2.75, 3.05) is 7.11 Å². The summed E-state index contributed by atoms with van der Waals surface area (Å²) in [5.74, 6) is 0. The molecule has 3 nitrogen and oxygen atoms in total. The third-order valence-electron chi connectivity index (χ3n) is 2.11. The zero-order chi connectivity index (χ0) is 9.68. The number of aliphatic hydroxyl groups is 1. The molecular weight excluding hydrogens is 168 g/mol. The Balaban J connectivity index is 2.58. The van der Waals surface area contributed by atoms with E-state index in [4.69, 9.17) is 9.15 Å². The van der Waals surface area contributed by atoms with Crippen LogP contribution in [0.4, 0.5) is 0 Å². The minimum Gasteiger partial charge on any atom is -0.472 e. The van der Waals surface area contributed by atoms with Crippen molar-refractivity contribution in [3.63, 3.8) is 0 Å². The van der Waals surface area contributed by atoms with Gasteiger partial charge in [0.2, 0.25) is 0 Å². The van der Waals surface area contributed by atoms with Crippen molar-refractivity contribution in [1.29, 1.82) is 0 Å². The van der Waals surface area contributed by atoms with E-state index in [0.717, 1.165) is 18.4 Å². The highest BCUT2D eigenvalue weighted by atomic mass is 16.5. The maximum atomic E-state index is 9.82. The molecule has 0 radical (unpaired) electrons. The Morgan fingerprint density at radius 1 is 1.62 bits per heavy atom. The van der Waals surface area contributed by atoms with E-state index in [9.17, 15) is 5.11 Å². The van der Waals surface area contributed by atoms with Gasteiger partial charge in [0, 0.05) is 12.7 Å². The lowest BCUT2D eigenvalue weighted by molar-refractivity contribution is -0.0182. The van der Waals surface area contributed by atoms with Crippen LogP contribution >= 0.6 is 0 Å². The second kappa shape index (κ2) is 5.04. The first-order valence-electron chi connectivity index (χ1n) is 4.52. The highest BCUT2D eigenvalue weighted by Gasteiger charge is 2.20. The van der Waals surface area contributed by atoms with Gasteiger partial charge in [-0.2, -0.15) is 0 Å². The molecule has 0 amide bonds. The van der Waals surface area contributed by atoms with Crippen molar-refractivity contribution in [2.45, 2.75) is 32.0 Å². The van der Waals surface area contributed by atoms with Crippen LogP contribution in [0.2, 0.25) is 0 Å². The molecule has 1 aromatic rings. The third kappa shape index (κ3) is 2.57. The molecule has 74 valence electrons. The molecule has 1 N–H and O–H groups in total. The fourth-order valence-electron chi connectivity index (χ4n) is 1.35. The standard InChI is InChI=1S/C10H16O3/c1-3-4-9(12-2)10(11)8-5-6-13-7-8/h5-7,9-11H,3-4H2,1-2H3. The van der Waals surface area contributed by atoms with Crippen molar-refractivity contribution in [1.82, 2.24) is 0 Å². The molecule has 0 aromatic carbocycles.